The Labute approximate surface area is 144 Å². The van der Waals surface area contributed by atoms with Gasteiger partial charge in [-0.1, -0.05) is 13.0 Å². The van der Waals surface area contributed by atoms with E-state index in [2.05, 4.69) is 10.3 Å². The normalized spacial score (nSPS) is 10.6. The molecule has 0 saturated carbocycles. The highest BCUT2D eigenvalue weighted by atomic mass is 16.5. The monoisotopic (exact) mass is 338 g/mol. The molecule has 0 saturated heterocycles. The Morgan fingerprint density at radius 2 is 1.92 bits per heavy atom. The van der Waals surface area contributed by atoms with E-state index in [4.69, 9.17) is 9.84 Å². The standard InChI is InChI=1S/C19H18N2O4/c1-2-9-25-17-6-5-14(19(23)24)11-16(17)21-18(22)13-4-3-12-7-8-20-15(12)10-13/h3-8,10-11,20H,2,9H2,1H3,(H,21,22)(H,23,24). The van der Waals surface area contributed by atoms with Gasteiger partial charge in [-0.25, -0.2) is 4.79 Å². The predicted molar refractivity (Wildman–Crippen MR) is 95.4 cm³/mol. The van der Waals surface area contributed by atoms with Crippen LogP contribution in [0.4, 0.5) is 5.69 Å². The zero-order chi connectivity index (χ0) is 17.8. The summed E-state index contributed by atoms with van der Waals surface area (Å²) < 4.78 is 5.60. The van der Waals surface area contributed by atoms with Crippen molar-refractivity contribution >= 4 is 28.5 Å². The summed E-state index contributed by atoms with van der Waals surface area (Å²) in [6.07, 6.45) is 2.61. The second-order valence-electron chi connectivity index (χ2n) is 5.60. The van der Waals surface area contributed by atoms with Crippen LogP contribution in [-0.2, 0) is 0 Å². The minimum absolute atomic E-state index is 0.0824. The molecular formula is C19H18N2O4. The Morgan fingerprint density at radius 1 is 1.12 bits per heavy atom. The number of ether oxygens (including phenoxy) is 1. The van der Waals surface area contributed by atoms with Crippen molar-refractivity contribution in [1.82, 2.24) is 4.98 Å². The summed E-state index contributed by atoms with van der Waals surface area (Å²) in [4.78, 5) is 26.8. The first-order valence-corrected chi connectivity index (χ1v) is 7.97. The van der Waals surface area contributed by atoms with Gasteiger partial charge in [0.25, 0.3) is 5.91 Å². The molecule has 0 fully saturated rings. The molecule has 3 aromatic rings. The highest BCUT2D eigenvalue weighted by molar-refractivity contribution is 6.07. The summed E-state index contributed by atoms with van der Waals surface area (Å²) in [6, 6.07) is 11.7. The lowest BCUT2D eigenvalue weighted by molar-refractivity contribution is 0.0696. The van der Waals surface area contributed by atoms with E-state index < -0.39 is 5.97 Å². The number of nitrogens with one attached hydrogen (secondary N) is 2. The first kappa shape index (κ1) is 16.6. The zero-order valence-electron chi connectivity index (χ0n) is 13.7. The van der Waals surface area contributed by atoms with Crippen molar-refractivity contribution in [1.29, 1.82) is 0 Å². The van der Waals surface area contributed by atoms with E-state index in [0.717, 1.165) is 17.3 Å². The smallest absolute Gasteiger partial charge is 0.335 e. The first-order valence-electron chi connectivity index (χ1n) is 7.97. The Kier molecular flexibility index (Phi) is 4.70. The van der Waals surface area contributed by atoms with Gasteiger partial charge in [0.05, 0.1) is 17.9 Å². The molecule has 3 N–H and O–H groups in total. The number of carboxylic acid groups (broad SMARTS) is 1. The molecule has 25 heavy (non-hydrogen) atoms. The van der Waals surface area contributed by atoms with Crippen LogP contribution in [0.5, 0.6) is 5.75 Å². The van der Waals surface area contributed by atoms with Crippen molar-refractivity contribution in [2.75, 3.05) is 11.9 Å². The van der Waals surface area contributed by atoms with Crippen LogP contribution in [0.25, 0.3) is 10.9 Å². The van der Waals surface area contributed by atoms with Gasteiger partial charge in [0.2, 0.25) is 0 Å². The molecule has 0 spiro atoms. The third kappa shape index (κ3) is 3.63. The number of carbonyl (C=O) groups excluding carboxylic acids is 1. The second kappa shape index (κ2) is 7.09. The molecule has 0 radical (unpaired) electrons. The molecule has 0 bridgehead atoms. The number of rotatable bonds is 6. The summed E-state index contributed by atoms with van der Waals surface area (Å²) >= 11 is 0. The van der Waals surface area contributed by atoms with Gasteiger partial charge in [0.15, 0.2) is 0 Å². The van der Waals surface area contributed by atoms with E-state index in [9.17, 15) is 9.59 Å². The first-order chi connectivity index (χ1) is 12.1. The van der Waals surface area contributed by atoms with Crippen LogP contribution >= 0.6 is 0 Å². The van der Waals surface area contributed by atoms with Crippen molar-refractivity contribution < 1.29 is 19.4 Å². The quantitative estimate of drug-likeness (QED) is 0.635. The molecule has 0 aliphatic carbocycles. The lowest BCUT2D eigenvalue weighted by atomic mass is 10.1. The number of fused-ring (bicyclic) bond motifs is 1. The van der Waals surface area contributed by atoms with E-state index >= 15 is 0 Å². The number of anilines is 1. The van der Waals surface area contributed by atoms with Gasteiger partial charge < -0.3 is 20.1 Å². The highest BCUT2D eigenvalue weighted by Gasteiger charge is 2.14. The van der Waals surface area contributed by atoms with Crippen LogP contribution in [0.1, 0.15) is 34.1 Å². The summed E-state index contributed by atoms with van der Waals surface area (Å²) in [5.74, 6) is -0.952. The number of hydrogen-bond donors (Lipinski definition) is 3. The number of carbonyl (C=O) groups is 2. The van der Waals surface area contributed by atoms with Gasteiger partial charge in [-0.2, -0.15) is 0 Å². The van der Waals surface area contributed by atoms with E-state index in [-0.39, 0.29) is 11.5 Å². The number of H-pyrrole nitrogens is 1. The summed E-state index contributed by atoms with van der Waals surface area (Å²) in [5, 5.41) is 12.9. The molecule has 128 valence electrons. The van der Waals surface area contributed by atoms with Gasteiger partial charge in [-0.15, -0.1) is 0 Å². The van der Waals surface area contributed by atoms with E-state index in [1.165, 1.54) is 12.1 Å². The summed E-state index contributed by atoms with van der Waals surface area (Å²) in [5.41, 5.74) is 1.75. The van der Waals surface area contributed by atoms with Crippen molar-refractivity contribution in [3.8, 4) is 5.75 Å². The van der Waals surface area contributed by atoms with Crippen molar-refractivity contribution in [2.45, 2.75) is 13.3 Å². The SMILES string of the molecule is CCCOc1ccc(C(=O)O)cc1NC(=O)c1ccc2cc[nH]c2c1. The minimum Gasteiger partial charge on any atom is -0.491 e. The lowest BCUT2D eigenvalue weighted by Crippen LogP contribution is -2.14. The summed E-state index contributed by atoms with van der Waals surface area (Å²) in [6.45, 7) is 2.44. The molecule has 1 amide bonds. The predicted octanol–water partition coefficient (Wildman–Crippen LogP) is 3.91. The number of hydrogen-bond acceptors (Lipinski definition) is 3. The van der Waals surface area contributed by atoms with Gasteiger partial charge >= 0.3 is 5.97 Å². The fourth-order valence-electron chi connectivity index (χ4n) is 2.48. The number of aromatic nitrogens is 1. The second-order valence-corrected chi connectivity index (χ2v) is 5.60. The number of benzene rings is 2. The Morgan fingerprint density at radius 3 is 2.68 bits per heavy atom. The molecule has 2 aromatic carbocycles. The lowest BCUT2D eigenvalue weighted by Gasteiger charge is -2.13. The van der Waals surface area contributed by atoms with Crippen molar-refractivity contribution in [2.24, 2.45) is 0 Å². The van der Waals surface area contributed by atoms with Crippen LogP contribution in [0.2, 0.25) is 0 Å². The van der Waals surface area contributed by atoms with Crippen LogP contribution in [0.15, 0.2) is 48.7 Å². The van der Waals surface area contributed by atoms with Crippen LogP contribution in [0.3, 0.4) is 0 Å². The number of aromatic carboxylic acids is 1. The zero-order valence-corrected chi connectivity index (χ0v) is 13.7. The number of carboxylic acids is 1. The average molecular weight is 338 g/mol. The molecule has 3 rings (SSSR count). The molecule has 0 aliphatic rings. The summed E-state index contributed by atoms with van der Waals surface area (Å²) in [7, 11) is 0. The van der Waals surface area contributed by atoms with Gasteiger partial charge in [-0.3, -0.25) is 4.79 Å². The van der Waals surface area contributed by atoms with Crippen LogP contribution < -0.4 is 10.1 Å². The third-order valence-electron chi connectivity index (χ3n) is 3.75. The van der Waals surface area contributed by atoms with Gasteiger partial charge in [0, 0.05) is 17.3 Å². The third-order valence-corrected chi connectivity index (χ3v) is 3.75. The maximum Gasteiger partial charge on any atom is 0.335 e. The Hall–Kier alpha value is -3.28. The van der Waals surface area contributed by atoms with E-state index in [1.54, 1.807) is 24.4 Å². The van der Waals surface area contributed by atoms with Crippen LogP contribution in [-0.4, -0.2) is 28.6 Å². The van der Waals surface area contributed by atoms with E-state index in [0.29, 0.717) is 23.6 Å². The minimum atomic E-state index is -1.06. The largest absolute Gasteiger partial charge is 0.491 e. The maximum atomic E-state index is 12.6. The van der Waals surface area contributed by atoms with E-state index in [1.807, 2.05) is 19.1 Å². The van der Waals surface area contributed by atoms with Crippen molar-refractivity contribution in [3.63, 3.8) is 0 Å². The van der Waals surface area contributed by atoms with Crippen molar-refractivity contribution in [3.05, 3.63) is 59.8 Å². The number of aromatic amines is 1. The molecule has 0 unspecified atom stereocenters. The fourth-order valence-corrected chi connectivity index (χ4v) is 2.48. The fraction of sp³-hybridized carbons (Fsp3) is 0.158. The average Bonchev–Trinajstić information content (AvgIpc) is 3.08. The number of amides is 1. The molecule has 0 aliphatic heterocycles. The molecule has 0 atom stereocenters. The van der Waals surface area contributed by atoms with Gasteiger partial charge in [-0.05, 0) is 48.2 Å². The van der Waals surface area contributed by atoms with Crippen LogP contribution in [0, 0.1) is 0 Å². The molecular weight excluding hydrogens is 320 g/mol. The Balaban J connectivity index is 1.89. The molecule has 6 nitrogen and oxygen atoms in total. The van der Waals surface area contributed by atoms with Gasteiger partial charge in [0.1, 0.15) is 5.75 Å². The molecule has 6 heteroatoms. The molecule has 1 heterocycles. The topological polar surface area (TPSA) is 91.4 Å². The Bertz CT molecular complexity index is 930. The highest BCUT2D eigenvalue weighted by Crippen LogP contribution is 2.27. The molecule has 1 aromatic heterocycles. The maximum absolute atomic E-state index is 12.6.